The highest BCUT2D eigenvalue weighted by molar-refractivity contribution is 5.80. The molecule has 0 bridgehead atoms. The number of hydrogen-bond donors (Lipinski definition) is 1. The second kappa shape index (κ2) is 4.85. The Kier molecular flexibility index (Phi) is 3.43. The maximum Gasteiger partial charge on any atom is 0.407 e. The Morgan fingerprint density at radius 2 is 1.77 bits per heavy atom. The summed E-state index contributed by atoms with van der Waals surface area (Å²) in [6, 6.07) is 0. The molecule has 6 heteroatoms. The average molecular weight is 310 g/mol. The molecule has 0 aromatic rings. The molecule has 0 radical (unpaired) electrons. The molecule has 2 amide bonds. The van der Waals surface area contributed by atoms with E-state index in [1.807, 2.05) is 4.90 Å². The van der Waals surface area contributed by atoms with Gasteiger partial charge in [-0.2, -0.15) is 0 Å². The predicted molar refractivity (Wildman–Crippen MR) is 80.6 cm³/mol. The molecular weight excluding hydrogens is 284 g/mol. The van der Waals surface area contributed by atoms with Crippen LogP contribution in [0.5, 0.6) is 0 Å². The van der Waals surface area contributed by atoms with Gasteiger partial charge in [-0.05, 0) is 31.1 Å². The van der Waals surface area contributed by atoms with Crippen molar-refractivity contribution in [2.75, 3.05) is 26.2 Å². The van der Waals surface area contributed by atoms with Gasteiger partial charge in [-0.25, -0.2) is 4.79 Å². The van der Waals surface area contributed by atoms with Gasteiger partial charge >= 0.3 is 6.09 Å². The zero-order valence-electron chi connectivity index (χ0n) is 13.7. The maximum absolute atomic E-state index is 12.4. The van der Waals surface area contributed by atoms with Gasteiger partial charge in [-0.3, -0.25) is 4.79 Å². The molecule has 0 aromatic carbocycles. The summed E-state index contributed by atoms with van der Waals surface area (Å²) in [4.78, 5) is 27.0. The first-order valence-corrected chi connectivity index (χ1v) is 8.12. The molecule has 2 heterocycles. The third-order valence-electron chi connectivity index (χ3n) is 5.83. The van der Waals surface area contributed by atoms with Crippen LogP contribution in [0.15, 0.2) is 0 Å². The zero-order valence-corrected chi connectivity index (χ0v) is 13.7. The van der Waals surface area contributed by atoms with Crippen LogP contribution in [0, 0.1) is 5.41 Å². The van der Waals surface area contributed by atoms with Gasteiger partial charge in [-0.15, -0.1) is 0 Å². The third kappa shape index (κ3) is 2.37. The van der Waals surface area contributed by atoms with E-state index in [-0.39, 0.29) is 29.1 Å². The Morgan fingerprint density at radius 1 is 1.18 bits per heavy atom. The number of carbonyl (C=O) groups excluding carboxylic acids is 1. The third-order valence-corrected chi connectivity index (χ3v) is 5.83. The second-order valence-corrected chi connectivity index (χ2v) is 8.00. The zero-order chi connectivity index (χ0) is 16.2. The Morgan fingerprint density at radius 3 is 2.23 bits per heavy atom. The number of amides is 2. The largest absolute Gasteiger partial charge is 0.465 e. The molecule has 3 rings (SSSR count). The minimum absolute atomic E-state index is 0.0369. The summed E-state index contributed by atoms with van der Waals surface area (Å²) in [7, 11) is 0. The Labute approximate surface area is 131 Å². The molecular formula is C16H26N2O4. The van der Waals surface area contributed by atoms with Crippen molar-refractivity contribution in [3.63, 3.8) is 0 Å². The van der Waals surface area contributed by atoms with Gasteiger partial charge < -0.3 is 19.6 Å². The molecule has 1 spiro atoms. The van der Waals surface area contributed by atoms with E-state index in [1.165, 1.54) is 4.90 Å². The first-order valence-electron chi connectivity index (χ1n) is 8.12. The van der Waals surface area contributed by atoms with Crippen molar-refractivity contribution in [1.29, 1.82) is 0 Å². The number of ether oxygens (including phenoxy) is 1. The maximum atomic E-state index is 12.4. The van der Waals surface area contributed by atoms with Crippen LogP contribution >= 0.6 is 0 Å². The minimum Gasteiger partial charge on any atom is -0.465 e. The summed E-state index contributed by atoms with van der Waals surface area (Å²) in [5.74, 6) is 0.0821. The molecule has 124 valence electrons. The Balaban J connectivity index is 1.75. The van der Waals surface area contributed by atoms with Crippen molar-refractivity contribution in [2.45, 2.75) is 57.6 Å². The highest BCUT2D eigenvalue weighted by Crippen LogP contribution is 2.55. The van der Waals surface area contributed by atoms with Crippen LogP contribution in [-0.4, -0.2) is 64.3 Å². The molecule has 1 N–H and O–H groups in total. The molecule has 2 saturated heterocycles. The van der Waals surface area contributed by atoms with Gasteiger partial charge in [0.15, 0.2) is 0 Å². The molecule has 0 atom stereocenters. The topological polar surface area (TPSA) is 70.1 Å². The predicted octanol–water partition coefficient (Wildman–Crippen LogP) is 1.94. The first-order chi connectivity index (χ1) is 10.2. The van der Waals surface area contributed by atoms with Crippen LogP contribution < -0.4 is 0 Å². The summed E-state index contributed by atoms with van der Waals surface area (Å²) >= 11 is 0. The van der Waals surface area contributed by atoms with Gasteiger partial charge in [0.05, 0.1) is 12.1 Å². The van der Waals surface area contributed by atoms with Crippen molar-refractivity contribution in [3.05, 3.63) is 0 Å². The molecule has 1 saturated carbocycles. The van der Waals surface area contributed by atoms with Gasteiger partial charge in [0.2, 0.25) is 5.91 Å². The number of hydrogen-bond acceptors (Lipinski definition) is 3. The SMILES string of the molecule is CC(C)(C)C1(N2CC3(CCN(C(=O)O)CC3)OCC2=O)CC1. The lowest BCUT2D eigenvalue weighted by Gasteiger charge is -2.51. The fourth-order valence-corrected chi connectivity index (χ4v) is 4.06. The lowest BCUT2D eigenvalue weighted by molar-refractivity contribution is -0.181. The summed E-state index contributed by atoms with van der Waals surface area (Å²) in [5, 5.41) is 9.09. The van der Waals surface area contributed by atoms with Crippen LogP contribution in [0.25, 0.3) is 0 Å². The van der Waals surface area contributed by atoms with E-state index in [9.17, 15) is 9.59 Å². The van der Waals surface area contributed by atoms with Gasteiger partial charge in [0, 0.05) is 18.6 Å². The summed E-state index contributed by atoms with van der Waals surface area (Å²) in [5.41, 5.74) is -0.339. The van der Waals surface area contributed by atoms with Crippen molar-refractivity contribution in [2.24, 2.45) is 5.41 Å². The molecule has 1 aliphatic carbocycles. The lowest BCUT2D eigenvalue weighted by Crippen LogP contribution is -2.63. The lowest BCUT2D eigenvalue weighted by atomic mass is 9.80. The molecule has 6 nitrogen and oxygen atoms in total. The van der Waals surface area contributed by atoms with Crippen LogP contribution in [0.1, 0.15) is 46.5 Å². The number of carbonyl (C=O) groups is 2. The molecule has 3 aliphatic rings. The van der Waals surface area contributed by atoms with Gasteiger partial charge in [0.1, 0.15) is 6.61 Å². The van der Waals surface area contributed by atoms with Crippen LogP contribution in [0.3, 0.4) is 0 Å². The average Bonchev–Trinajstić information content (AvgIpc) is 3.23. The standard InChI is InChI=1S/C16H26N2O4/c1-14(2,3)16(4-5-16)18-11-15(22-10-12(18)19)6-8-17(9-7-15)13(20)21/h4-11H2,1-3H3,(H,20,21). The first kappa shape index (κ1) is 15.6. The van der Waals surface area contributed by atoms with E-state index < -0.39 is 6.09 Å². The highest BCUT2D eigenvalue weighted by Gasteiger charge is 2.60. The Hall–Kier alpha value is -1.30. The Bertz CT molecular complexity index is 485. The summed E-state index contributed by atoms with van der Waals surface area (Å²) < 4.78 is 5.90. The minimum atomic E-state index is -0.869. The number of carboxylic acid groups (broad SMARTS) is 1. The van der Waals surface area contributed by atoms with Gasteiger partial charge in [-0.1, -0.05) is 20.8 Å². The summed E-state index contributed by atoms with van der Waals surface area (Å²) in [6.07, 6.45) is 2.58. The van der Waals surface area contributed by atoms with Crippen LogP contribution in [-0.2, 0) is 9.53 Å². The van der Waals surface area contributed by atoms with E-state index in [4.69, 9.17) is 9.84 Å². The van der Waals surface area contributed by atoms with Crippen molar-refractivity contribution < 1.29 is 19.4 Å². The monoisotopic (exact) mass is 310 g/mol. The number of likely N-dealkylation sites (tertiary alicyclic amines) is 1. The highest BCUT2D eigenvalue weighted by atomic mass is 16.5. The number of nitrogens with zero attached hydrogens (tertiary/aromatic N) is 2. The number of morpholine rings is 1. The normalized spacial score (nSPS) is 27.1. The van der Waals surface area contributed by atoms with Crippen molar-refractivity contribution >= 4 is 12.0 Å². The molecule has 3 fully saturated rings. The van der Waals surface area contributed by atoms with Crippen LogP contribution in [0.2, 0.25) is 0 Å². The van der Waals surface area contributed by atoms with E-state index in [0.29, 0.717) is 32.5 Å². The molecule has 0 unspecified atom stereocenters. The van der Waals surface area contributed by atoms with Crippen LogP contribution in [0.4, 0.5) is 4.79 Å². The molecule has 0 aromatic heterocycles. The van der Waals surface area contributed by atoms with E-state index in [0.717, 1.165) is 12.8 Å². The number of rotatable bonds is 1. The van der Waals surface area contributed by atoms with E-state index in [2.05, 4.69) is 20.8 Å². The smallest absolute Gasteiger partial charge is 0.407 e. The van der Waals surface area contributed by atoms with Crippen molar-refractivity contribution in [3.8, 4) is 0 Å². The van der Waals surface area contributed by atoms with Gasteiger partial charge in [0.25, 0.3) is 0 Å². The molecule has 2 aliphatic heterocycles. The number of piperidine rings is 1. The molecule has 22 heavy (non-hydrogen) atoms. The fraction of sp³-hybridized carbons (Fsp3) is 0.875. The quantitative estimate of drug-likeness (QED) is 0.803. The fourth-order valence-electron chi connectivity index (χ4n) is 4.06. The van der Waals surface area contributed by atoms with E-state index >= 15 is 0 Å². The van der Waals surface area contributed by atoms with E-state index in [1.54, 1.807) is 0 Å². The summed E-state index contributed by atoms with van der Waals surface area (Å²) in [6.45, 7) is 8.30. The van der Waals surface area contributed by atoms with Crippen molar-refractivity contribution in [1.82, 2.24) is 9.80 Å². The second-order valence-electron chi connectivity index (χ2n) is 8.00.